The maximum atomic E-state index is 5.62. The number of aromatic amines is 1. The number of benzene rings is 1. The molecule has 0 saturated heterocycles. The molecule has 2 aromatic rings. The number of nitrogens with one attached hydrogen (secondary N) is 1. The zero-order chi connectivity index (χ0) is 14.1. The van der Waals surface area contributed by atoms with E-state index in [4.69, 9.17) is 21.7 Å². The van der Waals surface area contributed by atoms with E-state index < -0.39 is 0 Å². The minimum atomic E-state index is 0.496. The highest BCUT2D eigenvalue weighted by Crippen LogP contribution is 2.34. The van der Waals surface area contributed by atoms with Crippen LogP contribution in [-0.2, 0) is 6.54 Å². The molecule has 0 atom stereocenters. The summed E-state index contributed by atoms with van der Waals surface area (Å²) < 4.78 is 13.8. The third-order valence-corrected chi connectivity index (χ3v) is 3.42. The van der Waals surface area contributed by atoms with Crippen molar-refractivity contribution in [2.45, 2.75) is 20.4 Å². The highest BCUT2D eigenvalue weighted by Gasteiger charge is 2.16. The Balaban J connectivity index is 2.03. The normalized spacial score (nSPS) is 13.8. The summed E-state index contributed by atoms with van der Waals surface area (Å²) in [5.74, 6) is 2.87. The lowest BCUT2D eigenvalue weighted by Gasteiger charge is -2.19. The van der Waals surface area contributed by atoms with Crippen molar-refractivity contribution in [3.05, 3.63) is 23.0 Å². The maximum absolute atomic E-state index is 5.62. The number of rotatable bonds is 3. The fraction of sp³-hybridized carbons (Fsp3) is 0.429. The number of fused-ring (bicyclic) bond motifs is 1. The molecule has 0 bridgehead atoms. The van der Waals surface area contributed by atoms with Gasteiger partial charge < -0.3 is 9.47 Å². The van der Waals surface area contributed by atoms with Gasteiger partial charge >= 0.3 is 0 Å². The summed E-state index contributed by atoms with van der Waals surface area (Å²) in [5, 5.41) is 7.20. The first-order valence-corrected chi connectivity index (χ1v) is 7.11. The molecular weight excluding hydrogens is 274 g/mol. The van der Waals surface area contributed by atoms with Gasteiger partial charge in [0.1, 0.15) is 13.2 Å². The number of nitrogens with zero attached hydrogens (tertiary/aromatic N) is 2. The minimum Gasteiger partial charge on any atom is -0.486 e. The van der Waals surface area contributed by atoms with Gasteiger partial charge in [0.05, 0.1) is 0 Å². The molecule has 1 aromatic heterocycles. The van der Waals surface area contributed by atoms with Crippen LogP contribution in [0.4, 0.5) is 0 Å². The molecular formula is C14H17N3O2S. The van der Waals surface area contributed by atoms with E-state index in [1.54, 1.807) is 0 Å². The molecule has 1 aromatic carbocycles. The second-order valence-electron chi connectivity index (χ2n) is 5.22. The Hall–Kier alpha value is -1.82. The molecule has 0 fully saturated rings. The van der Waals surface area contributed by atoms with Crippen LogP contribution in [0.1, 0.15) is 13.8 Å². The fourth-order valence-corrected chi connectivity index (χ4v) is 2.46. The molecule has 0 spiro atoms. The van der Waals surface area contributed by atoms with E-state index in [1.165, 1.54) is 0 Å². The number of hydrogen-bond donors (Lipinski definition) is 1. The van der Waals surface area contributed by atoms with Crippen molar-refractivity contribution in [1.29, 1.82) is 0 Å². The fourth-order valence-electron chi connectivity index (χ4n) is 2.26. The number of H-pyrrole nitrogens is 1. The van der Waals surface area contributed by atoms with Gasteiger partial charge in [-0.05, 0) is 36.3 Å². The highest BCUT2D eigenvalue weighted by molar-refractivity contribution is 7.71. The van der Waals surface area contributed by atoms with Gasteiger partial charge in [-0.1, -0.05) is 13.8 Å². The maximum Gasteiger partial charge on any atom is 0.195 e. The Labute approximate surface area is 122 Å². The van der Waals surface area contributed by atoms with Crippen molar-refractivity contribution in [3.8, 4) is 22.9 Å². The molecule has 0 amide bonds. The molecule has 1 aliphatic rings. The Kier molecular flexibility index (Phi) is 3.48. The average molecular weight is 291 g/mol. The van der Waals surface area contributed by atoms with E-state index in [-0.39, 0.29) is 0 Å². The number of ether oxygens (including phenoxy) is 2. The topological polar surface area (TPSA) is 52.1 Å². The zero-order valence-electron chi connectivity index (χ0n) is 11.5. The largest absolute Gasteiger partial charge is 0.486 e. The smallest absolute Gasteiger partial charge is 0.195 e. The third-order valence-electron chi connectivity index (χ3n) is 3.11. The molecule has 1 N–H and O–H groups in total. The lowest BCUT2D eigenvalue weighted by atomic mass is 10.1. The lowest BCUT2D eigenvalue weighted by molar-refractivity contribution is 0.171. The van der Waals surface area contributed by atoms with Crippen LogP contribution in [0.5, 0.6) is 11.5 Å². The van der Waals surface area contributed by atoms with Crippen LogP contribution in [0.2, 0.25) is 0 Å². The van der Waals surface area contributed by atoms with E-state index in [0.717, 1.165) is 29.4 Å². The summed E-state index contributed by atoms with van der Waals surface area (Å²) in [6.07, 6.45) is 0. The molecule has 6 heteroatoms. The molecule has 2 heterocycles. The second-order valence-corrected chi connectivity index (χ2v) is 5.60. The standard InChI is InChI=1S/C14H17N3O2S/c1-9(2)8-17-13(15-16-14(17)20)10-3-4-11-12(7-10)19-6-5-18-11/h3-4,7,9H,5-6,8H2,1-2H3,(H,16,20). The molecule has 0 aliphatic carbocycles. The van der Waals surface area contributed by atoms with Crippen molar-refractivity contribution in [3.63, 3.8) is 0 Å². The Morgan fingerprint density at radius 3 is 2.80 bits per heavy atom. The summed E-state index contributed by atoms with van der Waals surface area (Å²) in [6, 6.07) is 5.85. The molecule has 1 aliphatic heterocycles. The molecule has 106 valence electrons. The van der Waals surface area contributed by atoms with Crippen LogP contribution >= 0.6 is 12.2 Å². The van der Waals surface area contributed by atoms with Gasteiger partial charge in [-0.3, -0.25) is 9.67 Å². The van der Waals surface area contributed by atoms with E-state index >= 15 is 0 Å². The monoisotopic (exact) mass is 291 g/mol. The van der Waals surface area contributed by atoms with Gasteiger partial charge in [0.15, 0.2) is 22.1 Å². The molecule has 3 rings (SSSR count). The summed E-state index contributed by atoms with van der Waals surface area (Å²) in [5.41, 5.74) is 0.974. The quantitative estimate of drug-likeness (QED) is 0.883. The van der Waals surface area contributed by atoms with Crippen molar-refractivity contribution >= 4 is 12.2 Å². The first-order chi connectivity index (χ1) is 9.65. The molecule has 20 heavy (non-hydrogen) atoms. The first-order valence-electron chi connectivity index (χ1n) is 6.70. The van der Waals surface area contributed by atoms with Crippen molar-refractivity contribution in [1.82, 2.24) is 14.8 Å². The lowest BCUT2D eigenvalue weighted by Crippen LogP contribution is -2.15. The minimum absolute atomic E-state index is 0.496. The van der Waals surface area contributed by atoms with Crippen molar-refractivity contribution in [2.24, 2.45) is 5.92 Å². The van der Waals surface area contributed by atoms with E-state index in [1.807, 2.05) is 22.8 Å². The number of aromatic nitrogens is 3. The SMILES string of the molecule is CC(C)Cn1c(-c2ccc3c(c2)OCCO3)n[nH]c1=S. The van der Waals surface area contributed by atoms with Crippen LogP contribution in [0, 0.1) is 10.7 Å². The third kappa shape index (κ3) is 2.43. The Morgan fingerprint density at radius 1 is 1.30 bits per heavy atom. The van der Waals surface area contributed by atoms with Gasteiger partial charge in [0.2, 0.25) is 0 Å². The molecule has 0 unspecified atom stereocenters. The summed E-state index contributed by atoms with van der Waals surface area (Å²) >= 11 is 5.30. The van der Waals surface area contributed by atoms with Crippen LogP contribution in [0.15, 0.2) is 18.2 Å². The van der Waals surface area contributed by atoms with Crippen molar-refractivity contribution in [2.75, 3.05) is 13.2 Å². The highest BCUT2D eigenvalue weighted by atomic mass is 32.1. The second kappa shape index (κ2) is 5.28. The van der Waals surface area contributed by atoms with E-state index in [9.17, 15) is 0 Å². The summed E-state index contributed by atoms with van der Waals surface area (Å²) in [7, 11) is 0. The van der Waals surface area contributed by atoms with Crippen LogP contribution in [0.3, 0.4) is 0 Å². The van der Waals surface area contributed by atoms with Gasteiger partial charge in [0, 0.05) is 12.1 Å². The van der Waals surface area contributed by atoms with Gasteiger partial charge in [0.25, 0.3) is 0 Å². The zero-order valence-corrected chi connectivity index (χ0v) is 12.4. The molecule has 0 radical (unpaired) electrons. The predicted molar refractivity (Wildman–Crippen MR) is 78.7 cm³/mol. The van der Waals surface area contributed by atoms with Crippen molar-refractivity contribution < 1.29 is 9.47 Å². The molecule has 5 nitrogen and oxygen atoms in total. The van der Waals surface area contributed by atoms with Gasteiger partial charge in [-0.15, -0.1) is 0 Å². The summed E-state index contributed by atoms with van der Waals surface area (Å²) in [6.45, 7) is 6.32. The van der Waals surface area contributed by atoms with Crippen LogP contribution in [-0.4, -0.2) is 28.0 Å². The van der Waals surface area contributed by atoms with Crippen LogP contribution < -0.4 is 9.47 Å². The Morgan fingerprint density at radius 2 is 2.05 bits per heavy atom. The van der Waals surface area contributed by atoms with Gasteiger partial charge in [-0.2, -0.15) is 5.10 Å². The van der Waals surface area contributed by atoms with E-state index in [0.29, 0.717) is 23.9 Å². The first kappa shape index (κ1) is 13.2. The van der Waals surface area contributed by atoms with Crippen LogP contribution in [0.25, 0.3) is 11.4 Å². The average Bonchev–Trinajstić information content (AvgIpc) is 2.79. The summed E-state index contributed by atoms with van der Waals surface area (Å²) in [4.78, 5) is 0. The number of hydrogen-bond acceptors (Lipinski definition) is 4. The molecule has 0 saturated carbocycles. The Bertz CT molecular complexity index is 675. The van der Waals surface area contributed by atoms with Gasteiger partial charge in [-0.25, -0.2) is 0 Å². The van der Waals surface area contributed by atoms with E-state index in [2.05, 4.69) is 24.0 Å². The predicted octanol–water partition coefficient (Wildman–Crippen LogP) is 3.03.